The summed E-state index contributed by atoms with van der Waals surface area (Å²) in [5, 5.41) is 1.21. The highest BCUT2D eigenvalue weighted by Gasteiger charge is 2.15. The summed E-state index contributed by atoms with van der Waals surface area (Å²) in [6.07, 6.45) is 3.08. The number of hydrogen-bond donors (Lipinski definition) is 1. The number of nitrogens with two attached hydrogens (primary N) is 1. The molecule has 0 atom stereocenters. The molecule has 3 rings (SSSR count). The van der Waals surface area contributed by atoms with Gasteiger partial charge < -0.3 is 10.3 Å². The second-order valence-corrected chi connectivity index (χ2v) is 4.88. The molecule has 0 amide bonds. The standard InChI is InChI=1S/C12H9Cl2N5/c13-8-2-1-7(9(14)3-8)4-19-6-18-11(15)10-12(19)17-5-16-10/h1-3,5-6H,4,15H2. The van der Waals surface area contributed by atoms with Crippen molar-refractivity contribution in [2.24, 2.45) is 0 Å². The SMILES string of the molecule is Nc1ncn(Cc2ccc(Cl)cc2Cl)c2ncnc1-2. The first-order valence-corrected chi connectivity index (χ1v) is 6.26. The molecule has 0 saturated carbocycles. The number of hydrogen-bond acceptors (Lipinski definition) is 4. The number of fused-ring (bicyclic) bond motifs is 1. The van der Waals surface area contributed by atoms with E-state index in [0.29, 0.717) is 33.9 Å². The van der Waals surface area contributed by atoms with E-state index in [1.807, 2.05) is 10.6 Å². The van der Waals surface area contributed by atoms with Crippen LogP contribution < -0.4 is 5.73 Å². The molecule has 1 aromatic rings. The summed E-state index contributed by atoms with van der Waals surface area (Å²) >= 11 is 12.0. The minimum Gasteiger partial charge on any atom is -0.382 e. The molecule has 0 bridgehead atoms. The summed E-state index contributed by atoms with van der Waals surface area (Å²) in [5.41, 5.74) is 7.26. The van der Waals surface area contributed by atoms with Gasteiger partial charge >= 0.3 is 0 Å². The third-order valence-electron chi connectivity index (χ3n) is 2.79. The molecule has 2 aliphatic heterocycles. The number of nitrogen functional groups attached to an aromatic ring is 1. The van der Waals surface area contributed by atoms with Gasteiger partial charge in [-0.2, -0.15) is 0 Å². The minimum atomic E-state index is 0.367. The summed E-state index contributed by atoms with van der Waals surface area (Å²) in [5.74, 6) is 1.05. The van der Waals surface area contributed by atoms with Gasteiger partial charge in [-0.3, -0.25) is 0 Å². The van der Waals surface area contributed by atoms with Crippen LogP contribution in [0.3, 0.4) is 0 Å². The first-order chi connectivity index (χ1) is 9.15. The third-order valence-corrected chi connectivity index (χ3v) is 3.37. The van der Waals surface area contributed by atoms with Crippen LogP contribution in [0.25, 0.3) is 11.5 Å². The van der Waals surface area contributed by atoms with Crippen LogP contribution in [-0.2, 0) is 6.54 Å². The first kappa shape index (κ1) is 12.2. The predicted octanol–water partition coefficient (Wildman–Crippen LogP) is 2.72. The zero-order valence-electron chi connectivity index (χ0n) is 9.72. The number of nitrogens with zero attached hydrogens (tertiary/aromatic N) is 4. The van der Waals surface area contributed by atoms with Crippen molar-refractivity contribution in [2.45, 2.75) is 6.54 Å². The normalized spacial score (nSPS) is 11.1. The number of anilines is 1. The molecule has 96 valence electrons. The molecule has 2 heterocycles. The second kappa shape index (κ2) is 4.68. The van der Waals surface area contributed by atoms with Gasteiger partial charge in [-0.05, 0) is 17.7 Å². The molecule has 2 aliphatic rings. The second-order valence-electron chi connectivity index (χ2n) is 4.04. The lowest BCUT2D eigenvalue weighted by molar-refractivity contribution is 0.763. The van der Waals surface area contributed by atoms with Crippen molar-refractivity contribution in [1.29, 1.82) is 0 Å². The van der Waals surface area contributed by atoms with Crippen molar-refractivity contribution in [2.75, 3.05) is 5.73 Å². The van der Waals surface area contributed by atoms with Gasteiger partial charge in [-0.25, -0.2) is 15.0 Å². The molecule has 0 saturated heterocycles. The minimum absolute atomic E-state index is 0.367. The molecule has 19 heavy (non-hydrogen) atoms. The molecule has 0 fully saturated rings. The van der Waals surface area contributed by atoms with E-state index in [-0.39, 0.29) is 0 Å². The average Bonchev–Trinajstić information content (AvgIpc) is 2.86. The molecular formula is C12H9Cl2N5. The van der Waals surface area contributed by atoms with Gasteiger partial charge in [0.05, 0.1) is 12.9 Å². The van der Waals surface area contributed by atoms with E-state index in [1.165, 1.54) is 6.33 Å². The zero-order chi connectivity index (χ0) is 13.4. The molecular weight excluding hydrogens is 285 g/mol. The van der Waals surface area contributed by atoms with E-state index in [9.17, 15) is 0 Å². The van der Waals surface area contributed by atoms with Crippen molar-refractivity contribution < 1.29 is 0 Å². The molecule has 2 N–H and O–H groups in total. The number of rotatable bonds is 2. The van der Waals surface area contributed by atoms with Crippen molar-refractivity contribution >= 4 is 29.0 Å². The van der Waals surface area contributed by atoms with Crippen molar-refractivity contribution in [3.8, 4) is 11.5 Å². The van der Waals surface area contributed by atoms with E-state index < -0.39 is 0 Å². The van der Waals surface area contributed by atoms with E-state index in [0.717, 1.165) is 5.56 Å². The van der Waals surface area contributed by atoms with Crippen LogP contribution in [-0.4, -0.2) is 19.5 Å². The summed E-state index contributed by atoms with van der Waals surface area (Å²) in [6, 6.07) is 5.37. The van der Waals surface area contributed by atoms with Crippen LogP contribution in [0.1, 0.15) is 5.56 Å². The largest absolute Gasteiger partial charge is 0.382 e. The number of benzene rings is 1. The number of aromatic nitrogens is 4. The molecule has 0 radical (unpaired) electrons. The van der Waals surface area contributed by atoms with E-state index in [1.54, 1.807) is 18.5 Å². The summed E-state index contributed by atoms with van der Waals surface area (Å²) in [7, 11) is 0. The maximum Gasteiger partial charge on any atom is 0.165 e. The van der Waals surface area contributed by atoms with E-state index >= 15 is 0 Å². The lowest BCUT2D eigenvalue weighted by Gasteiger charge is -2.12. The van der Waals surface area contributed by atoms with Crippen LogP contribution in [0.5, 0.6) is 0 Å². The van der Waals surface area contributed by atoms with Crippen LogP contribution >= 0.6 is 23.2 Å². The molecule has 0 aliphatic carbocycles. The van der Waals surface area contributed by atoms with E-state index in [2.05, 4.69) is 15.0 Å². The van der Waals surface area contributed by atoms with Crippen molar-refractivity contribution in [1.82, 2.24) is 19.5 Å². The van der Waals surface area contributed by atoms with Gasteiger partial charge in [0.25, 0.3) is 0 Å². The summed E-state index contributed by atoms with van der Waals surface area (Å²) in [4.78, 5) is 12.4. The molecule has 1 aromatic carbocycles. The van der Waals surface area contributed by atoms with Gasteiger partial charge in [0.2, 0.25) is 0 Å². The van der Waals surface area contributed by atoms with E-state index in [4.69, 9.17) is 28.9 Å². The summed E-state index contributed by atoms with van der Waals surface area (Å²) < 4.78 is 1.84. The molecule has 0 spiro atoms. The van der Waals surface area contributed by atoms with Gasteiger partial charge in [0.1, 0.15) is 12.0 Å². The Balaban J connectivity index is 2.02. The smallest absolute Gasteiger partial charge is 0.165 e. The Morgan fingerprint density at radius 1 is 1.16 bits per heavy atom. The monoisotopic (exact) mass is 293 g/mol. The highest BCUT2D eigenvalue weighted by atomic mass is 35.5. The molecule has 0 aromatic heterocycles. The highest BCUT2D eigenvalue weighted by Crippen LogP contribution is 2.25. The Morgan fingerprint density at radius 3 is 2.79 bits per heavy atom. The Morgan fingerprint density at radius 2 is 2.00 bits per heavy atom. The zero-order valence-corrected chi connectivity index (χ0v) is 11.2. The highest BCUT2D eigenvalue weighted by molar-refractivity contribution is 6.35. The van der Waals surface area contributed by atoms with Crippen LogP contribution in [0.2, 0.25) is 10.0 Å². The number of imidazole rings is 1. The fourth-order valence-electron chi connectivity index (χ4n) is 1.85. The van der Waals surface area contributed by atoms with Crippen molar-refractivity contribution in [3.05, 3.63) is 46.5 Å². The quantitative estimate of drug-likeness (QED) is 0.789. The first-order valence-electron chi connectivity index (χ1n) is 5.50. The molecule has 7 heteroatoms. The Hall–Kier alpha value is -1.85. The van der Waals surface area contributed by atoms with Gasteiger partial charge in [-0.1, -0.05) is 29.3 Å². The Kier molecular flexibility index (Phi) is 3.00. The average molecular weight is 294 g/mol. The van der Waals surface area contributed by atoms with Gasteiger partial charge in [0, 0.05) is 10.0 Å². The Bertz CT molecular complexity index is 709. The maximum absolute atomic E-state index is 6.16. The fourth-order valence-corrected chi connectivity index (χ4v) is 2.32. The van der Waals surface area contributed by atoms with Gasteiger partial charge in [-0.15, -0.1) is 0 Å². The molecule has 0 unspecified atom stereocenters. The maximum atomic E-state index is 6.16. The lowest BCUT2D eigenvalue weighted by Crippen LogP contribution is -2.09. The molecule has 5 nitrogen and oxygen atoms in total. The fraction of sp³-hybridized carbons (Fsp3) is 0.0833. The predicted molar refractivity (Wildman–Crippen MR) is 74.4 cm³/mol. The Labute approximate surface area is 119 Å². The topological polar surface area (TPSA) is 69.6 Å². The number of halogens is 2. The van der Waals surface area contributed by atoms with Crippen LogP contribution in [0.15, 0.2) is 30.9 Å². The third kappa shape index (κ3) is 2.22. The van der Waals surface area contributed by atoms with Crippen LogP contribution in [0.4, 0.5) is 5.82 Å². The van der Waals surface area contributed by atoms with Gasteiger partial charge in [0.15, 0.2) is 11.6 Å². The lowest BCUT2D eigenvalue weighted by atomic mass is 10.2. The van der Waals surface area contributed by atoms with Crippen LogP contribution in [0, 0.1) is 0 Å². The summed E-state index contributed by atoms with van der Waals surface area (Å²) in [6.45, 7) is 0.526. The van der Waals surface area contributed by atoms with Crippen molar-refractivity contribution in [3.63, 3.8) is 0 Å².